The second kappa shape index (κ2) is 6.12. The minimum Gasteiger partial charge on any atom is -0.279 e. The SMILES string of the molecule is Cc1ccc(Cl)cc1S(=O)(=O)Nc1ccc(Cl)c([N+](=O)[O-])c1. The average Bonchev–Trinajstić information content (AvgIpc) is 2.43. The Hall–Kier alpha value is -1.83. The van der Waals surface area contributed by atoms with Crippen molar-refractivity contribution >= 4 is 44.6 Å². The fourth-order valence-corrected chi connectivity index (χ4v) is 3.53. The van der Waals surface area contributed by atoms with E-state index in [1.54, 1.807) is 19.1 Å². The number of halogens is 2. The summed E-state index contributed by atoms with van der Waals surface area (Å²) < 4.78 is 27.0. The van der Waals surface area contributed by atoms with Crippen molar-refractivity contribution in [2.24, 2.45) is 0 Å². The Bertz CT molecular complexity index is 853. The summed E-state index contributed by atoms with van der Waals surface area (Å²) in [4.78, 5) is 10.1. The summed E-state index contributed by atoms with van der Waals surface area (Å²) in [6.07, 6.45) is 0. The molecule has 2 aromatic rings. The molecule has 0 aliphatic heterocycles. The fourth-order valence-electron chi connectivity index (χ4n) is 1.79. The van der Waals surface area contributed by atoms with Gasteiger partial charge >= 0.3 is 0 Å². The number of hydrogen-bond acceptors (Lipinski definition) is 4. The Morgan fingerprint density at radius 2 is 1.82 bits per heavy atom. The van der Waals surface area contributed by atoms with Crippen LogP contribution in [0.5, 0.6) is 0 Å². The number of hydrogen-bond donors (Lipinski definition) is 1. The molecule has 9 heteroatoms. The van der Waals surface area contributed by atoms with Gasteiger partial charge in [-0.15, -0.1) is 0 Å². The molecule has 0 heterocycles. The van der Waals surface area contributed by atoms with E-state index in [9.17, 15) is 18.5 Å². The monoisotopic (exact) mass is 360 g/mol. The van der Waals surface area contributed by atoms with E-state index in [0.29, 0.717) is 5.56 Å². The van der Waals surface area contributed by atoms with Crippen LogP contribution in [0, 0.1) is 17.0 Å². The van der Waals surface area contributed by atoms with Crippen molar-refractivity contribution in [1.82, 2.24) is 0 Å². The van der Waals surface area contributed by atoms with E-state index in [1.165, 1.54) is 18.2 Å². The van der Waals surface area contributed by atoms with Crippen molar-refractivity contribution in [3.63, 3.8) is 0 Å². The molecule has 0 bridgehead atoms. The first-order valence-corrected chi connectivity index (χ1v) is 8.17. The Morgan fingerprint density at radius 1 is 1.14 bits per heavy atom. The zero-order chi connectivity index (χ0) is 16.5. The van der Waals surface area contributed by atoms with Crippen LogP contribution in [0.15, 0.2) is 41.3 Å². The predicted molar refractivity (Wildman–Crippen MR) is 85.1 cm³/mol. The van der Waals surface area contributed by atoms with Crippen molar-refractivity contribution in [3.8, 4) is 0 Å². The van der Waals surface area contributed by atoms with E-state index >= 15 is 0 Å². The summed E-state index contributed by atoms with van der Waals surface area (Å²) in [6, 6.07) is 8.10. The molecule has 0 fully saturated rings. The van der Waals surface area contributed by atoms with Crippen molar-refractivity contribution in [3.05, 3.63) is 62.1 Å². The Kier molecular flexibility index (Phi) is 4.60. The maximum atomic E-state index is 12.4. The van der Waals surface area contributed by atoms with Gasteiger partial charge in [-0.05, 0) is 36.8 Å². The molecule has 0 aliphatic carbocycles. The minimum absolute atomic E-state index is 0.00222. The van der Waals surface area contributed by atoms with Crippen LogP contribution >= 0.6 is 23.2 Å². The van der Waals surface area contributed by atoms with Gasteiger partial charge < -0.3 is 0 Å². The fraction of sp³-hybridized carbons (Fsp3) is 0.0769. The standard InChI is InChI=1S/C13H10Cl2N2O4S/c1-8-2-3-9(14)6-13(8)22(20,21)16-10-4-5-11(15)12(7-10)17(18)19/h2-7,16H,1H3. The second-order valence-corrected chi connectivity index (χ2v) is 6.93. The first-order valence-electron chi connectivity index (χ1n) is 5.93. The van der Waals surface area contributed by atoms with Crippen LogP contribution in [0.3, 0.4) is 0 Å². The van der Waals surface area contributed by atoms with Gasteiger partial charge in [0.25, 0.3) is 15.7 Å². The zero-order valence-corrected chi connectivity index (χ0v) is 13.5. The largest absolute Gasteiger partial charge is 0.289 e. The third kappa shape index (κ3) is 3.49. The molecule has 2 rings (SSSR count). The molecular formula is C13H10Cl2N2O4S. The van der Waals surface area contributed by atoms with E-state index in [1.807, 2.05) is 0 Å². The molecular weight excluding hydrogens is 351 g/mol. The Balaban J connectivity index is 2.43. The normalized spacial score (nSPS) is 11.2. The number of aryl methyl sites for hydroxylation is 1. The first-order chi connectivity index (χ1) is 10.2. The molecule has 0 radical (unpaired) electrons. The number of nitro groups is 1. The maximum Gasteiger partial charge on any atom is 0.289 e. The van der Waals surface area contributed by atoms with Crippen LogP contribution in [0.1, 0.15) is 5.56 Å². The quantitative estimate of drug-likeness (QED) is 0.658. The number of sulfonamides is 1. The predicted octanol–water partition coefficient (Wildman–Crippen LogP) is 4.01. The number of rotatable bonds is 4. The number of nitro benzene ring substituents is 1. The lowest BCUT2D eigenvalue weighted by atomic mass is 10.2. The topological polar surface area (TPSA) is 89.3 Å². The molecule has 0 amide bonds. The summed E-state index contributed by atoms with van der Waals surface area (Å²) in [7, 11) is -3.92. The zero-order valence-electron chi connectivity index (χ0n) is 11.2. The van der Waals surface area contributed by atoms with Crippen LogP contribution in [0.4, 0.5) is 11.4 Å². The average molecular weight is 361 g/mol. The first kappa shape index (κ1) is 16.5. The number of nitrogens with one attached hydrogen (secondary N) is 1. The van der Waals surface area contributed by atoms with E-state index in [-0.39, 0.29) is 26.3 Å². The summed E-state index contributed by atoms with van der Waals surface area (Å²) in [5, 5.41) is 11.0. The van der Waals surface area contributed by atoms with Gasteiger partial charge in [0.2, 0.25) is 0 Å². The Morgan fingerprint density at radius 3 is 2.45 bits per heavy atom. The third-order valence-electron chi connectivity index (χ3n) is 2.83. The van der Waals surface area contributed by atoms with Gasteiger partial charge in [0.05, 0.1) is 15.5 Å². The molecule has 116 valence electrons. The summed E-state index contributed by atoms with van der Waals surface area (Å²) in [5.74, 6) is 0. The lowest BCUT2D eigenvalue weighted by molar-refractivity contribution is -0.384. The Labute approximate surface area is 136 Å². The highest BCUT2D eigenvalue weighted by Gasteiger charge is 2.20. The molecule has 1 N–H and O–H groups in total. The van der Waals surface area contributed by atoms with Crippen molar-refractivity contribution in [2.75, 3.05) is 4.72 Å². The highest BCUT2D eigenvalue weighted by molar-refractivity contribution is 7.92. The van der Waals surface area contributed by atoms with Gasteiger partial charge in [-0.25, -0.2) is 8.42 Å². The molecule has 0 aromatic heterocycles. The van der Waals surface area contributed by atoms with E-state index in [2.05, 4.69) is 4.72 Å². The second-order valence-electron chi connectivity index (χ2n) is 4.44. The van der Waals surface area contributed by atoms with Crippen molar-refractivity contribution in [1.29, 1.82) is 0 Å². The van der Waals surface area contributed by atoms with Crippen molar-refractivity contribution in [2.45, 2.75) is 11.8 Å². The molecule has 0 atom stereocenters. The molecule has 0 saturated carbocycles. The summed E-state index contributed by atoms with van der Waals surface area (Å²) >= 11 is 11.5. The summed E-state index contributed by atoms with van der Waals surface area (Å²) in [6.45, 7) is 1.62. The van der Waals surface area contributed by atoms with Crippen LogP contribution in [0.25, 0.3) is 0 Å². The maximum absolute atomic E-state index is 12.4. The molecule has 0 aliphatic rings. The van der Waals surface area contributed by atoms with Gasteiger partial charge in [0.1, 0.15) is 5.02 Å². The van der Waals surface area contributed by atoms with Crippen LogP contribution in [-0.4, -0.2) is 13.3 Å². The van der Waals surface area contributed by atoms with Gasteiger partial charge in [-0.1, -0.05) is 29.3 Å². The number of benzene rings is 2. The van der Waals surface area contributed by atoms with Crippen LogP contribution in [-0.2, 0) is 10.0 Å². The van der Waals surface area contributed by atoms with Gasteiger partial charge in [0, 0.05) is 11.1 Å². The highest BCUT2D eigenvalue weighted by atomic mass is 35.5. The number of anilines is 1. The third-order valence-corrected chi connectivity index (χ3v) is 4.91. The molecule has 22 heavy (non-hydrogen) atoms. The smallest absolute Gasteiger partial charge is 0.279 e. The number of nitrogens with zero attached hydrogens (tertiary/aromatic N) is 1. The van der Waals surface area contributed by atoms with Gasteiger partial charge in [-0.3, -0.25) is 14.8 Å². The van der Waals surface area contributed by atoms with E-state index in [4.69, 9.17) is 23.2 Å². The highest BCUT2D eigenvalue weighted by Crippen LogP contribution is 2.29. The van der Waals surface area contributed by atoms with Crippen LogP contribution in [0.2, 0.25) is 10.0 Å². The molecule has 0 saturated heterocycles. The molecule has 0 unspecified atom stereocenters. The minimum atomic E-state index is -3.92. The molecule has 6 nitrogen and oxygen atoms in total. The lowest BCUT2D eigenvalue weighted by Crippen LogP contribution is -2.14. The van der Waals surface area contributed by atoms with E-state index in [0.717, 1.165) is 6.07 Å². The van der Waals surface area contributed by atoms with E-state index < -0.39 is 14.9 Å². The lowest BCUT2D eigenvalue weighted by Gasteiger charge is -2.11. The van der Waals surface area contributed by atoms with Gasteiger partial charge in [0.15, 0.2) is 0 Å². The van der Waals surface area contributed by atoms with Crippen molar-refractivity contribution < 1.29 is 13.3 Å². The van der Waals surface area contributed by atoms with Gasteiger partial charge in [-0.2, -0.15) is 0 Å². The molecule has 0 spiro atoms. The molecule has 2 aromatic carbocycles. The van der Waals surface area contributed by atoms with Crippen LogP contribution < -0.4 is 4.72 Å². The summed E-state index contributed by atoms with van der Waals surface area (Å²) in [5.41, 5.74) is 0.153.